The molecule has 22 heavy (non-hydrogen) atoms. The first kappa shape index (κ1) is 19.4. The molecule has 0 amide bonds. The third-order valence-corrected chi connectivity index (χ3v) is 5.04. The van der Waals surface area contributed by atoms with Crippen molar-refractivity contribution in [2.75, 3.05) is 6.61 Å². The summed E-state index contributed by atoms with van der Waals surface area (Å²) >= 11 is 0. The average molecular weight is 309 g/mol. The topological polar surface area (TPSA) is 29.5 Å². The van der Waals surface area contributed by atoms with Crippen LogP contribution in [0.1, 0.15) is 86.0 Å². The summed E-state index contributed by atoms with van der Waals surface area (Å²) in [4.78, 5) is 17.0. The smallest absolute Gasteiger partial charge is 0.120 e. The van der Waals surface area contributed by atoms with E-state index < -0.39 is 0 Å². The summed E-state index contributed by atoms with van der Waals surface area (Å²) in [6.07, 6.45) is 11.4. The van der Waals surface area contributed by atoms with Gasteiger partial charge in [0.15, 0.2) is 0 Å². The van der Waals surface area contributed by atoms with Gasteiger partial charge in [-0.25, -0.2) is 4.79 Å². The minimum Gasteiger partial charge on any atom is -0.298 e. The fourth-order valence-electron chi connectivity index (χ4n) is 3.64. The van der Waals surface area contributed by atoms with Gasteiger partial charge in [-0.05, 0) is 47.0 Å². The molecule has 1 heterocycles. The van der Waals surface area contributed by atoms with Gasteiger partial charge >= 0.3 is 0 Å². The predicted molar refractivity (Wildman–Crippen MR) is 92.3 cm³/mol. The molecule has 0 bridgehead atoms. The Morgan fingerprint density at radius 1 is 1.14 bits per heavy atom. The van der Waals surface area contributed by atoms with Crippen molar-refractivity contribution in [1.82, 2.24) is 5.06 Å². The van der Waals surface area contributed by atoms with E-state index in [1.165, 1.54) is 32.1 Å². The summed E-state index contributed by atoms with van der Waals surface area (Å²) in [6, 6.07) is 0. The van der Waals surface area contributed by atoms with E-state index in [2.05, 4.69) is 39.7 Å². The minimum atomic E-state index is -0.165. The van der Waals surface area contributed by atoms with E-state index in [4.69, 9.17) is 4.84 Å². The predicted octanol–water partition coefficient (Wildman–Crippen LogP) is 4.94. The number of unbranched alkanes of at least 4 members (excludes halogenated alkanes) is 5. The van der Waals surface area contributed by atoms with Crippen molar-refractivity contribution >= 4 is 5.94 Å². The maximum absolute atomic E-state index is 10.8. The average Bonchev–Trinajstić information content (AvgIpc) is 2.44. The molecule has 1 saturated heterocycles. The van der Waals surface area contributed by atoms with Gasteiger partial charge in [0.2, 0.25) is 0 Å². The van der Waals surface area contributed by atoms with Crippen LogP contribution >= 0.6 is 0 Å². The molecule has 0 spiro atoms. The van der Waals surface area contributed by atoms with Crippen LogP contribution in [0.25, 0.3) is 0 Å². The van der Waals surface area contributed by atoms with Crippen LogP contribution in [0.3, 0.4) is 0 Å². The Balaban J connectivity index is 2.51. The third kappa shape index (κ3) is 5.22. The maximum Gasteiger partial charge on any atom is 0.120 e. The van der Waals surface area contributed by atoms with Gasteiger partial charge in [0.1, 0.15) is 5.94 Å². The lowest BCUT2D eigenvalue weighted by Gasteiger charge is -2.54. The number of hydrogen-bond donors (Lipinski definition) is 0. The van der Waals surface area contributed by atoms with Gasteiger partial charge in [-0.1, -0.05) is 39.0 Å². The lowest BCUT2D eigenvalue weighted by atomic mass is 9.74. The Labute approximate surface area is 137 Å². The lowest BCUT2D eigenvalue weighted by molar-refractivity contribution is -0.290. The molecule has 0 saturated carbocycles. The molecule has 0 radical (unpaired) electrons. The van der Waals surface area contributed by atoms with Crippen LogP contribution < -0.4 is 0 Å². The summed E-state index contributed by atoms with van der Waals surface area (Å²) in [6.45, 7) is 11.8. The Hall–Kier alpha value is -0.630. The van der Waals surface area contributed by atoms with Gasteiger partial charge in [0.05, 0.1) is 6.61 Å². The van der Waals surface area contributed by atoms with E-state index in [0.29, 0.717) is 0 Å². The second kappa shape index (κ2) is 8.86. The zero-order valence-corrected chi connectivity index (χ0v) is 15.3. The molecule has 1 unspecified atom stereocenters. The standard InChI is InChI=1S/C19H35NO2/c1-6-7-8-9-10-11-16-22-20-18(2,3)14-12-17(13-15-21)19(20,4)5/h13,17H,6-12,14,16H2,1-5H3. The molecule has 3 nitrogen and oxygen atoms in total. The highest BCUT2D eigenvalue weighted by atomic mass is 16.7. The summed E-state index contributed by atoms with van der Waals surface area (Å²) in [5.74, 6) is 2.19. The van der Waals surface area contributed by atoms with Crippen molar-refractivity contribution in [3.63, 3.8) is 0 Å². The first-order chi connectivity index (χ1) is 10.4. The Bertz CT molecular complexity index is 370. The van der Waals surface area contributed by atoms with Gasteiger partial charge in [-0.15, -0.1) is 0 Å². The highest BCUT2D eigenvalue weighted by Crippen LogP contribution is 2.42. The van der Waals surface area contributed by atoms with Gasteiger partial charge in [0, 0.05) is 23.1 Å². The number of hydroxylamine groups is 2. The fourth-order valence-corrected chi connectivity index (χ4v) is 3.64. The molecule has 0 aromatic rings. The fraction of sp³-hybridized carbons (Fsp3) is 0.895. The first-order valence-electron chi connectivity index (χ1n) is 9.00. The molecule has 1 rings (SSSR count). The van der Waals surface area contributed by atoms with Gasteiger partial charge in [-0.2, -0.15) is 5.06 Å². The van der Waals surface area contributed by atoms with Gasteiger partial charge in [-0.3, -0.25) is 4.84 Å². The lowest BCUT2D eigenvalue weighted by Crippen LogP contribution is -2.61. The van der Waals surface area contributed by atoms with Crippen molar-refractivity contribution in [2.45, 2.75) is 97.1 Å². The van der Waals surface area contributed by atoms with E-state index >= 15 is 0 Å². The maximum atomic E-state index is 10.8. The molecule has 1 fully saturated rings. The monoisotopic (exact) mass is 309 g/mol. The van der Waals surface area contributed by atoms with E-state index in [9.17, 15) is 4.79 Å². The molecule has 3 heteroatoms. The quantitative estimate of drug-likeness (QED) is 0.446. The molecule has 0 aliphatic carbocycles. The van der Waals surface area contributed by atoms with E-state index in [1.54, 1.807) is 6.08 Å². The van der Waals surface area contributed by atoms with Crippen LogP contribution in [0.4, 0.5) is 0 Å². The normalized spacial score (nSPS) is 24.0. The van der Waals surface area contributed by atoms with Crippen molar-refractivity contribution in [2.24, 2.45) is 5.92 Å². The summed E-state index contributed by atoms with van der Waals surface area (Å²) in [5, 5.41) is 2.15. The zero-order valence-electron chi connectivity index (χ0n) is 15.3. The van der Waals surface area contributed by atoms with E-state index in [0.717, 1.165) is 25.9 Å². The second-order valence-corrected chi connectivity index (χ2v) is 7.79. The molecule has 0 aromatic heterocycles. The van der Waals surface area contributed by atoms with Crippen LogP contribution in [0, 0.1) is 5.92 Å². The molecule has 128 valence electrons. The number of rotatable bonds is 9. The first-order valence-corrected chi connectivity index (χ1v) is 9.00. The van der Waals surface area contributed by atoms with Crippen molar-refractivity contribution in [3.8, 4) is 0 Å². The highest BCUT2D eigenvalue weighted by Gasteiger charge is 2.47. The second-order valence-electron chi connectivity index (χ2n) is 7.79. The molecule has 1 aliphatic heterocycles. The van der Waals surface area contributed by atoms with Crippen LogP contribution in [0.15, 0.2) is 6.08 Å². The molecular weight excluding hydrogens is 274 g/mol. The largest absolute Gasteiger partial charge is 0.298 e. The Morgan fingerprint density at radius 2 is 1.77 bits per heavy atom. The highest BCUT2D eigenvalue weighted by molar-refractivity contribution is 5.46. The van der Waals surface area contributed by atoms with Gasteiger partial charge in [0.25, 0.3) is 0 Å². The Morgan fingerprint density at radius 3 is 2.41 bits per heavy atom. The summed E-state index contributed by atoms with van der Waals surface area (Å²) in [7, 11) is 0. The number of nitrogens with zero attached hydrogens (tertiary/aromatic N) is 1. The number of hydrogen-bond acceptors (Lipinski definition) is 3. The van der Waals surface area contributed by atoms with E-state index in [1.807, 2.05) is 5.94 Å². The van der Waals surface area contributed by atoms with Crippen molar-refractivity contribution < 1.29 is 9.63 Å². The van der Waals surface area contributed by atoms with Crippen LogP contribution in [-0.4, -0.2) is 28.7 Å². The third-order valence-electron chi connectivity index (χ3n) is 5.04. The van der Waals surface area contributed by atoms with Crippen LogP contribution in [-0.2, 0) is 9.63 Å². The number of piperidine rings is 1. The van der Waals surface area contributed by atoms with Crippen LogP contribution in [0.2, 0.25) is 0 Å². The molecule has 1 atom stereocenters. The summed E-state index contributed by atoms with van der Waals surface area (Å²) < 4.78 is 0. The number of carbonyl (C=O) groups excluding carboxylic acids is 1. The van der Waals surface area contributed by atoms with Gasteiger partial charge < -0.3 is 0 Å². The molecule has 0 aromatic carbocycles. The Kier molecular flexibility index (Phi) is 7.82. The van der Waals surface area contributed by atoms with Crippen LogP contribution in [0.5, 0.6) is 0 Å². The molecule has 0 N–H and O–H groups in total. The van der Waals surface area contributed by atoms with Crippen molar-refractivity contribution in [3.05, 3.63) is 6.08 Å². The van der Waals surface area contributed by atoms with E-state index in [-0.39, 0.29) is 17.0 Å². The zero-order chi connectivity index (χ0) is 16.6. The molecule has 1 aliphatic rings. The van der Waals surface area contributed by atoms with Crippen molar-refractivity contribution in [1.29, 1.82) is 0 Å². The SMILES string of the molecule is CCCCCCCCON1C(C)(C)CCC(C=C=O)C1(C)C. The minimum absolute atomic E-state index is 0.0128. The summed E-state index contributed by atoms with van der Waals surface area (Å²) in [5.41, 5.74) is -0.152. The molecular formula is C19H35NO2.